The fourth-order valence-corrected chi connectivity index (χ4v) is 1.38. The summed E-state index contributed by atoms with van der Waals surface area (Å²) in [6.07, 6.45) is 1.35. The maximum Gasteiger partial charge on any atom is 0.387 e. The van der Waals surface area contributed by atoms with Crippen molar-refractivity contribution in [3.63, 3.8) is 0 Å². The van der Waals surface area contributed by atoms with Crippen LogP contribution in [0.4, 0.5) is 8.78 Å². The third-order valence-corrected chi connectivity index (χ3v) is 2.25. The van der Waals surface area contributed by atoms with E-state index < -0.39 is 12.5 Å². The molecule has 1 heterocycles. The predicted octanol–water partition coefficient (Wildman–Crippen LogP) is 1.23. The lowest BCUT2D eigenvalue weighted by atomic mass is 10.3. The number of hydrogen-bond acceptors (Lipinski definition) is 4. The highest BCUT2D eigenvalue weighted by atomic mass is 19.3. The summed E-state index contributed by atoms with van der Waals surface area (Å²) >= 11 is 0. The standard InChI is InChI=1S/C11H10F2N4O2/c1-14-10(18)9-15-6-17(16-9)7-2-4-8(5-3-7)19-11(12)13/h2-6,11H,1H3,(H,14,18). The maximum absolute atomic E-state index is 12.0. The van der Waals surface area contributed by atoms with Gasteiger partial charge in [-0.25, -0.2) is 9.67 Å². The molecule has 100 valence electrons. The quantitative estimate of drug-likeness (QED) is 0.905. The van der Waals surface area contributed by atoms with Crippen molar-refractivity contribution in [2.75, 3.05) is 7.05 Å². The lowest BCUT2D eigenvalue weighted by Gasteiger charge is -2.05. The molecule has 1 N–H and O–H groups in total. The minimum Gasteiger partial charge on any atom is -0.435 e. The average molecular weight is 268 g/mol. The zero-order chi connectivity index (χ0) is 13.8. The largest absolute Gasteiger partial charge is 0.435 e. The number of alkyl halides is 2. The maximum atomic E-state index is 12.0. The van der Waals surface area contributed by atoms with Gasteiger partial charge in [-0.3, -0.25) is 4.79 Å². The van der Waals surface area contributed by atoms with Crippen molar-refractivity contribution in [3.05, 3.63) is 36.4 Å². The number of carbonyl (C=O) groups is 1. The van der Waals surface area contributed by atoms with Crippen molar-refractivity contribution in [3.8, 4) is 11.4 Å². The third-order valence-electron chi connectivity index (χ3n) is 2.25. The van der Waals surface area contributed by atoms with Crippen LogP contribution in [-0.4, -0.2) is 34.3 Å². The van der Waals surface area contributed by atoms with Crippen molar-refractivity contribution in [2.24, 2.45) is 0 Å². The van der Waals surface area contributed by atoms with Gasteiger partial charge in [0.2, 0.25) is 5.82 Å². The van der Waals surface area contributed by atoms with E-state index in [1.54, 1.807) is 0 Å². The summed E-state index contributed by atoms with van der Waals surface area (Å²) in [6.45, 7) is -2.86. The first-order chi connectivity index (χ1) is 9.10. The van der Waals surface area contributed by atoms with E-state index in [1.165, 1.54) is 42.3 Å². The van der Waals surface area contributed by atoms with Gasteiger partial charge in [-0.05, 0) is 24.3 Å². The van der Waals surface area contributed by atoms with Gasteiger partial charge in [-0.1, -0.05) is 0 Å². The summed E-state index contributed by atoms with van der Waals surface area (Å²) in [5.41, 5.74) is 0.573. The monoisotopic (exact) mass is 268 g/mol. The molecule has 1 aromatic heterocycles. The number of nitrogens with zero attached hydrogens (tertiary/aromatic N) is 3. The van der Waals surface area contributed by atoms with E-state index in [-0.39, 0.29) is 11.6 Å². The topological polar surface area (TPSA) is 69.0 Å². The molecule has 0 aliphatic rings. The molecule has 2 rings (SSSR count). The Hall–Kier alpha value is -2.51. The predicted molar refractivity (Wildman–Crippen MR) is 61.4 cm³/mol. The van der Waals surface area contributed by atoms with E-state index >= 15 is 0 Å². The van der Waals surface area contributed by atoms with Gasteiger partial charge in [-0.15, -0.1) is 5.10 Å². The van der Waals surface area contributed by atoms with Gasteiger partial charge in [0.15, 0.2) is 0 Å². The van der Waals surface area contributed by atoms with Crippen LogP contribution in [0, 0.1) is 0 Å². The summed E-state index contributed by atoms with van der Waals surface area (Å²) in [5.74, 6) is -0.336. The van der Waals surface area contributed by atoms with Crippen LogP contribution < -0.4 is 10.1 Å². The Morgan fingerprint density at radius 2 is 2.05 bits per heavy atom. The van der Waals surface area contributed by atoms with Gasteiger partial charge >= 0.3 is 6.61 Å². The number of halogens is 2. The smallest absolute Gasteiger partial charge is 0.387 e. The highest BCUT2D eigenvalue weighted by Crippen LogP contribution is 2.16. The fraction of sp³-hybridized carbons (Fsp3) is 0.182. The lowest BCUT2D eigenvalue weighted by molar-refractivity contribution is -0.0498. The number of benzene rings is 1. The molecular weight excluding hydrogens is 258 g/mol. The van der Waals surface area contributed by atoms with Crippen LogP contribution in [0.25, 0.3) is 5.69 Å². The summed E-state index contributed by atoms with van der Waals surface area (Å²) in [6, 6.07) is 5.81. The Morgan fingerprint density at radius 1 is 1.37 bits per heavy atom. The number of hydrogen-bond donors (Lipinski definition) is 1. The Kier molecular flexibility index (Phi) is 3.69. The Bertz CT molecular complexity index is 568. The molecule has 0 fully saturated rings. The molecule has 1 aromatic carbocycles. The van der Waals surface area contributed by atoms with Gasteiger partial charge in [0.05, 0.1) is 5.69 Å². The first-order valence-electron chi connectivity index (χ1n) is 5.29. The molecule has 0 saturated carbocycles. The first-order valence-corrected chi connectivity index (χ1v) is 5.29. The van der Waals surface area contributed by atoms with Crippen molar-refractivity contribution < 1.29 is 18.3 Å². The van der Waals surface area contributed by atoms with E-state index in [0.29, 0.717) is 5.69 Å². The molecule has 0 spiro atoms. The molecule has 2 aromatic rings. The highest BCUT2D eigenvalue weighted by Gasteiger charge is 2.10. The van der Waals surface area contributed by atoms with Crippen LogP contribution in [0.3, 0.4) is 0 Å². The number of carbonyl (C=O) groups excluding carboxylic acids is 1. The van der Waals surface area contributed by atoms with E-state index in [4.69, 9.17) is 0 Å². The Balaban J connectivity index is 2.18. The number of ether oxygens (including phenoxy) is 1. The Morgan fingerprint density at radius 3 is 2.63 bits per heavy atom. The highest BCUT2D eigenvalue weighted by molar-refractivity contribution is 5.89. The Labute approximate surface area is 107 Å². The molecule has 0 aliphatic heterocycles. The van der Waals surface area contributed by atoms with Crippen LogP contribution in [0.1, 0.15) is 10.6 Å². The van der Waals surface area contributed by atoms with E-state index in [2.05, 4.69) is 20.1 Å². The second-order valence-corrected chi connectivity index (χ2v) is 3.46. The van der Waals surface area contributed by atoms with Crippen LogP contribution >= 0.6 is 0 Å². The first kappa shape index (κ1) is 12.9. The molecule has 6 nitrogen and oxygen atoms in total. The molecule has 0 saturated heterocycles. The second kappa shape index (κ2) is 5.42. The molecule has 8 heteroatoms. The van der Waals surface area contributed by atoms with E-state index in [0.717, 1.165) is 0 Å². The third kappa shape index (κ3) is 3.03. The number of nitrogens with one attached hydrogen (secondary N) is 1. The summed E-state index contributed by atoms with van der Waals surface area (Å²) in [5, 5.41) is 6.34. The van der Waals surface area contributed by atoms with Gasteiger partial charge < -0.3 is 10.1 Å². The summed E-state index contributed by atoms with van der Waals surface area (Å²) < 4.78 is 29.5. The molecule has 0 bridgehead atoms. The van der Waals surface area contributed by atoms with E-state index in [1.807, 2.05) is 0 Å². The summed E-state index contributed by atoms with van der Waals surface area (Å²) in [4.78, 5) is 15.1. The fourth-order valence-electron chi connectivity index (χ4n) is 1.38. The number of amides is 1. The minimum absolute atomic E-state index is 0.0235. The lowest BCUT2D eigenvalue weighted by Crippen LogP contribution is -2.19. The number of aromatic nitrogens is 3. The average Bonchev–Trinajstić information content (AvgIpc) is 2.87. The van der Waals surface area contributed by atoms with Crippen molar-refractivity contribution in [2.45, 2.75) is 6.61 Å². The molecule has 19 heavy (non-hydrogen) atoms. The normalized spacial score (nSPS) is 10.5. The second-order valence-electron chi connectivity index (χ2n) is 3.46. The van der Waals surface area contributed by atoms with Gasteiger partial charge in [-0.2, -0.15) is 8.78 Å². The van der Waals surface area contributed by atoms with Crippen LogP contribution in [0.15, 0.2) is 30.6 Å². The van der Waals surface area contributed by atoms with Crippen LogP contribution in [0.2, 0.25) is 0 Å². The van der Waals surface area contributed by atoms with E-state index in [9.17, 15) is 13.6 Å². The zero-order valence-electron chi connectivity index (χ0n) is 9.88. The zero-order valence-corrected chi connectivity index (χ0v) is 9.88. The van der Waals surface area contributed by atoms with Crippen molar-refractivity contribution in [1.82, 2.24) is 20.1 Å². The molecule has 0 radical (unpaired) electrons. The van der Waals surface area contributed by atoms with Gasteiger partial charge in [0.25, 0.3) is 5.91 Å². The van der Waals surface area contributed by atoms with Crippen LogP contribution in [-0.2, 0) is 0 Å². The molecule has 0 atom stereocenters. The molecule has 1 amide bonds. The SMILES string of the molecule is CNC(=O)c1ncn(-c2ccc(OC(F)F)cc2)n1. The number of rotatable bonds is 4. The minimum atomic E-state index is -2.86. The molecule has 0 aliphatic carbocycles. The van der Waals surface area contributed by atoms with Crippen molar-refractivity contribution in [1.29, 1.82) is 0 Å². The molecular formula is C11H10F2N4O2. The van der Waals surface area contributed by atoms with Crippen LogP contribution in [0.5, 0.6) is 5.75 Å². The van der Waals surface area contributed by atoms with Gasteiger partial charge in [0, 0.05) is 7.05 Å². The molecule has 0 unspecified atom stereocenters. The summed E-state index contributed by atoms with van der Waals surface area (Å²) in [7, 11) is 1.47. The van der Waals surface area contributed by atoms with Crippen molar-refractivity contribution >= 4 is 5.91 Å². The van der Waals surface area contributed by atoms with Gasteiger partial charge in [0.1, 0.15) is 12.1 Å².